The molecule has 1 saturated heterocycles. The summed E-state index contributed by atoms with van der Waals surface area (Å²) in [6, 6.07) is 6.06. The average molecular weight is 377 g/mol. The highest BCUT2D eigenvalue weighted by Gasteiger charge is 2.32. The molecule has 1 fully saturated rings. The van der Waals surface area contributed by atoms with Crippen LogP contribution in [0.15, 0.2) is 29.2 Å². The summed E-state index contributed by atoms with van der Waals surface area (Å²) >= 11 is 0. The Morgan fingerprint density at radius 2 is 2.00 bits per heavy atom. The van der Waals surface area contributed by atoms with Crippen LogP contribution in [0.5, 0.6) is 0 Å². The molecule has 1 aromatic rings. The summed E-state index contributed by atoms with van der Waals surface area (Å²) in [7, 11) is -2.35. The number of nitrogens with one attached hydrogen (secondary N) is 1. The summed E-state index contributed by atoms with van der Waals surface area (Å²) in [5.74, 6) is -0.536. The summed E-state index contributed by atoms with van der Waals surface area (Å²) in [5.41, 5.74) is 0.246. The highest BCUT2D eigenvalue weighted by atomic mass is 35.5. The van der Waals surface area contributed by atoms with Crippen LogP contribution in [-0.2, 0) is 14.8 Å². The molecule has 0 radical (unpaired) electrons. The molecule has 2 rings (SSSR count). The zero-order chi connectivity index (χ0) is 16.9. The Morgan fingerprint density at radius 3 is 2.58 bits per heavy atom. The number of benzene rings is 1. The number of sulfonamides is 1. The predicted molar refractivity (Wildman–Crippen MR) is 95.1 cm³/mol. The van der Waals surface area contributed by atoms with E-state index in [0.29, 0.717) is 6.54 Å². The predicted octanol–water partition coefficient (Wildman–Crippen LogP) is 2.05. The van der Waals surface area contributed by atoms with Crippen molar-refractivity contribution in [2.24, 2.45) is 0 Å². The van der Waals surface area contributed by atoms with Crippen LogP contribution in [0.1, 0.15) is 36.5 Å². The normalized spacial score (nSPS) is 15.8. The van der Waals surface area contributed by atoms with E-state index >= 15 is 0 Å². The Kier molecular flexibility index (Phi) is 8.15. The minimum Gasteiger partial charge on any atom is -0.465 e. The minimum absolute atomic E-state index is 0. The van der Waals surface area contributed by atoms with Crippen molar-refractivity contribution in [1.29, 1.82) is 0 Å². The van der Waals surface area contributed by atoms with E-state index in [4.69, 9.17) is 0 Å². The molecule has 8 heteroatoms. The quantitative estimate of drug-likeness (QED) is 0.769. The van der Waals surface area contributed by atoms with Gasteiger partial charge in [-0.2, -0.15) is 4.31 Å². The highest BCUT2D eigenvalue weighted by molar-refractivity contribution is 7.89. The van der Waals surface area contributed by atoms with Gasteiger partial charge in [0.15, 0.2) is 0 Å². The van der Waals surface area contributed by atoms with Gasteiger partial charge in [-0.05, 0) is 50.6 Å². The fraction of sp³-hybridized carbons (Fsp3) is 0.562. The minimum atomic E-state index is -3.63. The molecule has 136 valence electrons. The molecule has 1 aromatic carbocycles. The van der Waals surface area contributed by atoms with Gasteiger partial charge in [0.1, 0.15) is 0 Å². The molecule has 0 bridgehead atoms. The number of esters is 1. The number of carbonyl (C=O) groups is 1. The second-order valence-electron chi connectivity index (χ2n) is 5.62. The fourth-order valence-corrected chi connectivity index (χ4v) is 4.67. The maximum Gasteiger partial charge on any atom is 0.337 e. The van der Waals surface area contributed by atoms with E-state index in [-0.39, 0.29) is 28.9 Å². The molecule has 24 heavy (non-hydrogen) atoms. The topological polar surface area (TPSA) is 75.7 Å². The van der Waals surface area contributed by atoms with Gasteiger partial charge in [-0.1, -0.05) is 13.0 Å². The van der Waals surface area contributed by atoms with Gasteiger partial charge in [0.25, 0.3) is 0 Å². The first-order chi connectivity index (χ1) is 11.0. The first kappa shape index (κ1) is 20.9. The van der Waals surface area contributed by atoms with Gasteiger partial charge in [-0.15, -0.1) is 12.4 Å². The first-order valence-electron chi connectivity index (χ1n) is 7.91. The van der Waals surface area contributed by atoms with Gasteiger partial charge in [-0.3, -0.25) is 0 Å². The molecule has 0 amide bonds. The van der Waals surface area contributed by atoms with E-state index in [1.54, 1.807) is 16.4 Å². The third-order valence-corrected chi connectivity index (χ3v) is 5.97. The van der Waals surface area contributed by atoms with Gasteiger partial charge in [0.2, 0.25) is 10.0 Å². The van der Waals surface area contributed by atoms with Crippen molar-refractivity contribution in [2.75, 3.05) is 26.7 Å². The molecule has 1 heterocycles. The molecule has 0 saturated carbocycles. The van der Waals surface area contributed by atoms with E-state index in [9.17, 15) is 13.2 Å². The second-order valence-corrected chi connectivity index (χ2v) is 7.51. The van der Waals surface area contributed by atoms with Crippen molar-refractivity contribution in [2.45, 2.75) is 37.1 Å². The number of piperidine rings is 1. The Morgan fingerprint density at radius 1 is 1.33 bits per heavy atom. The summed E-state index contributed by atoms with van der Waals surface area (Å²) in [6.45, 7) is 4.09. The summed E-state index contributed by atoms with van der Waals surface area (Å²) in [5, 5.41) is 3.25. The number of carbonyl (C=O) groups excluding carboxylic acids is 1. The van der Waals surface area contributed by atoms with Crippen LogP contribution in [0, 0.1) is 0 Å². The fourth-order valence-electron chi connectivity index (χ4n) is 2.85. The Bertz CT molecular complexity index is 645. The zero-order valence-corrected chi connectivity index (χ0v) is 15.7. The molecule has 0 aliphatic carbocycles. The zero-order valence-electron chi connectivity index (χ0n) is 14.0. The third-order valence-electron chi connectivity index (χ3n) is 4.02. The molecule has 0 atom stereocenters. The third kappa shape index (κ3) is 4.69. The van der Waals surface area contributed by atoms with Gasteiger partial charge in [0.05, 0.1) is 17.6 Å². The number of hydrogen-bond acceptors (Lipinski definition) is 5. The smallest absolute Gasteiger partial charge is 0.337 e. The van der Waals surface area contributed by atoms with Crippen molar-refractivity contribution in [1.82, 2.24) is 9.62 Å². The van der Waals surface area contributed by atoms with E-state index in [1.807, 2.05) is 6.92 Å². The second kappa shape index (κ2) is 9.36. The number of halogens is 1. The van der Waals surface area contributed by atoms with Crippen molar-refractivity contribution < 1.29 is 17.9 Å². The van der Waals surface area contributed by atoms with Crippen molar-refractivity contribution in [3.05, 3.63) is 29.8 Å². The van der Waals surface area contributed by atoms with E-state index in [2.05, 4.69) is 10.1 Å². The average Bonchev–Trinajstić information content (AvgIpc) is 2.59. The van der Waals surface area contributed by atoms with Gasteiger partial charge in [0, 0.05) is 12.6 Å². The standard InChI is InChI=1S/C16H24N2O4S.ClH/c1-3-11-18(14-7-9-17-10-8-14)23(20,21)15-6-4-5-13(12-15)16(19)22-2;/h4-6,12,14,17H,3,7-11H2,1-2H3;1H. The molecule has 1 aliphatic heterocycles. The lowest BCUT2D eigenvalue weighted by Gasteiger charge is -2.33. The van der Waals surface area contributed by atoms with E-state index < -0.39 is 16.0 Å². The number of methoxy groups -OCH3 is 1. The van der Waals surface area contributed by atoms with Crippen molar-refractivity contribution in [3.63, 3.8) is 0 Å². The lowest BCUT2D eigenvalue weighted by atomic mass is 10.1. The molecular formula is C16H25ClN2O4S. The van der Waals surface area contributed by atoms with Gasteiger partial charge < -0.3 is 10.1 Å². The SMILES string of the molecule is CCCN(C1CCNCC1)S(=O)(=O)c1cccc(C(=O)OC)c1.Cl. The molecule has 0 unspecified atom stereocenters. The molecule has 1 aliphatic rings. The first-order valence-corrected chi connectivity index (χ1v) is 9.35. The van der Waals surface area contributed by atoms with Crippen molar-refractivity contribution in [3.8, 4) is 0 Å². The van der Waals surface area contributed by atoms with E-state index in [1.165, 1.54) is 19.2 Å². The molecule has 0 aromatic heterocycles. The number of hydrogen-bond donors (Lipinski definition) is 1. The Labute approximate surface area is 150 Å². The Hall–Kier alpha value is -1.15. The molecular weight excluding hydrogens is 352 g/mol. The van der Waals surface area contributed by atoms with Gasteiger partial charge >= 0.3 is 5.97 Å². The monoisotopic (exact) mass is 376 g/mol. The van der Waals surface area contributed by atoms with Crippen LogP contribution < -0.4 is 5.32 Å². The summed E-state index contributed by atoms with van der Waals surface area (Å²) < 4.78 is 32.3. The van der Waals surface area contributed by atoms with Crippen LogP contribution in [0.4, 0.5) is 0 Å². The van der Waals surface area contributed by atoms with Crippen LogP contribution in [0.2, 0.25) is 0 Å². The van der Waals surface area contributed by atoms with Crippen LogP contribution in [-0.4, -0.2) is 51.5 Å². The molecule has 1 N–H and O–H groups in total. The molecule has 6 nitrogen and oxygen atoms in total. The summed E-state index contributed by atoms with van der Waals surface area (Å²) in [4.78, 5) is 11.8. The Balaban J connectivity index is 0.00000288. The lowest BCUT2D eigenvalue weighted by Crippen LogP contribution is -2.46. The van der Waals surface area contributed by atoms with E-state index in [0.717, 1.165) is 32.4 Å². The maximum atomic E-state index is 13.0. The molecule has 0 spiro atoms. The number of ether oxygens (including phenoxy) is 1. The van der Waals surface area contributed by atoms with Crippen LogP contribution in [0.3, 0.4) is 0 Å². The van der Waals surface area contributed by atoms with Crippen molar-refractivity contribution >= 4 is 28.4 Å². The number of nitrogens with zero attached hydrogens (tertiary/aromatic N) is 1. The summed E-state index contributed by atoms with van der Waals surface area (Å²) in [6.07, 6.45) is 2.35. The van der Waals surface area contributed by atoms with Crippen LogP contribution in [0.25, 0.3) is 0 Å². The van der Waals surface area contributed by atoms with Gasteiger partial charge in [-0.25, -0.2) is 13.2 Å². The maximum absolute atomic E-state index is 13.0. The largest absolute Gasteiger partial charge is 0.465 e. The number of rotatable bonds is 6. The van der Waals surface area contributed by atoms with Crippen LogP contribution >= 0.6 is 12.4 Å². The lowest BCUT2D eigenvalue weighted by molar-refractivity contribution is 0.0600. The highest BCUT2D eigenvalue weighted by Crippen LogP contribution is 2.23.